The Hall–Kier alpha value is -8.15. The van der Waals surface area contributed by atoms with Crippen LogP contribution in [0, 0.1) is 12.1 Å². The molecule has 0 aliphatic carbocycles. The Morgan fingerprint density at radius 2 is 1.24 bits per heavy atom. The van der Waals surface area contributed by atoms with Crippen LogP contribution in [0.4, 0.5) is 11.6 Å². The largest absolute Gasteiger partial charge is 0.633 e. The number of hydrogen-bond donors (Lipinski definition) is 2. The number of quaternary nitrogens is 1. The number of aromatic nitrogens is 8. The van der Waals surface area contributed by atoms with Crippen molar-refractivity contribution in [3.8, 4) is 0 Å². The van der Waals surface area contributed by atoms with Crippen LogP contribution in [-0.2, 0) is 13.0 Å². The number of thiazole rings is 2. The van der Waals surface area contributed by atoms with Crippen molar-refractivity contribution in [3.05, 3.63) is 157 Å². The van der Waals surface area contributed by atoms with Crippen LogP contribution >= 0.6 is 22.7 Å². The number of hydroxylamine groups is 3. The van der Waals surface area contributed by atoms with E-state index in [1.54, 1.807) is 38.5 Å². The lowest BCUT2D eigenvalue weighted by Crippen LogP contribution is -2.41. The number of aryl methyl sites for hydroxylation is 1. The minimum atomic E-state index is -0.829. The van der Waals surface area contributed by atoms with Crippen molar-refractivity contribution in [3.63, 3.8) is 0 Å². The molecule has 10 aromatic rings. The number of likely N-dealkylation sites (N-methyl/N-ethyl adjacent to an activating group) is 1. The molecule has 1 unspecified atom stereocenters. The van der Waals surface area contributed by atoms with Crippen molar-refractivity contribution in [1.29, 1.82) is 0 Å². The molecule has 2 N–H and O–H groups in total. The number of nitrogens with zero attached hydrogens (tertiary/aromatic N) is 12. The molecule has 2 aliphatic heterocycles. The predicted molar refractivity (Wildman–Crippen MR) is 294 cm³/mol. The van der Waals surface area contributed by atoms with Crippen molar-refractivity contribution in [2.24, 2.45) is 0 Å². The van der Waals surface area contributed by atoms with Crippen molar-refractivity contribution < 1.29 is 19.0 Å². The lowest BCUT2D eigenvalue weighted by Gasteiger charge is -2.37. The fourth-order valence-electron chi connectivity index (χ4n) is 10.2. The van der Waals surface area contributed by atoms with E-state index in [4.69, 9.17) is 15.0 Å². The fraction of sp³-hybridized carbons (Fsp3) is 0.278. The van der Waals surface area contributed by atoms with Crippen LogP contribution in [-0.4, -0.2) is 132 Å². The molecule has 3 amide bonds. The number of para-hydroxylation sites is 2. The van der Waals surface area contributed by atoms with E-state index in [1.165, 1.54) is 35.1 Å². The number of rotatable bonds is 10. The molecule has 10 heterocycles. The summed E-state index contributed by atoms with van der Waals surface area (Å²) in [6.45, 7) is 7.79. The van der Waals surface area contributed by atoms with Gasteiger partial charge in [0.15, 0.2) is 11.3 Å². The van der Waals surface area contributed by atoms with Gasteiger partial charge in [0.2, 0.25) is 10.9 Å². The zero-order valence-electron chi connectivity index (χ0n) is 41.6. The van der Waals surface area contributed by atoms with Gasteiger partial charge in [-0.1, -0.05) is 24.3 Å². The molecule has 2 aromatic carbocycles. The van der Waals surface area contributed by atoms with Crippen LogP contribution < -0.4 is 31.3 Å². The van der Waals surface area contributed by atoms with Crippen LogP contribution in [0.25, 0.3) is 52.2 Å². The highest BCUT2D eigenvalue weighted by atomic mass is 32.1. The first-order valence-corrected chi connectivity index (χ1v) is 26.7. The second-order valence-electron chi connectivity index (χ2n) is 19.4. The number of fused-ring (bicyclic) bond motifs is 10. The van der Waals surface area contributed by atoms with E-state index >= 15 is 0 Å². The molecule has 2 saturated heterocycles. The van der Waals surface area contributed by atoms with Crippen LogP contribution in [0.1, 0.15) is 61.1 Å². The molecule has 0 bridgehead atoms. The third kappa shape index (κ3) is 9.16. The second-order valence-corrected chi connectivity index (χ2v) is 21.5. The van der Waals surface area contributed by atoms with E-state index in [0.29, 0.717) is 88.5 Å². The molecule has 12 rings (SSSR count). The lowest BCUT2D eigenvalue weighted by molar-refractivity contribution is -0.858. The van der Waals surface area contributed by atoms with Crippen LogP contribution in [0.15, 0.2) is 107 Å². The molecular formula is C54H50N14O6S2. The minimum absolute atomic E-state index is 0.0411. The van der Waals surface area contributed by atoms with Crippen molar-refractivity contribution >= 4 is 104 Å². The van der Waals surface area contributed by atoms with Gasteiger partial charge in [0, 0.05) is 58.0 Å². The Balaban J connectivity index is 0.713. The van der Waals surface area contributed by atoms with E-state index < -0.39 is 28.6 Å². The summed E-state index contributed by atoms with van der Waals surface area (Å²) in [6.07, 6.45) is 8.36. The van der Waals surface area contributed by atoms with Gasteiger partial charge in [0.25, 0.3) is 17.7 Å². The summed E-state index contributed by atoms with van der Waals surface area (Å²) in [5.74, 6) is -0.703. The van der Waals surface area contributed by atoms with Crippen LogP contribution in [0.3, 0.4) is 0 Å². The summed E-state index contributed by atoms with van der Waals surface area (Å²) in [4.78, 5) is 105. The third-order valence-electron chi connectivity index (χ3n) is 14.3. The van der Waals surface area contributed by atoms with Gasteiger partial charge in [-0.3, -0.25) is 53.0 Å². The molecule has 1 atom stereocenters. The van der Waals surface area contributed by atoms with Gasteiger partial charge in [0.1, 0.15) is 38.1 Å². The summed E-state index contributed by atoms with van der Waals surface area (Å²) in [6, 6.07) is 22.5. The van der Waals surface area contributed by atoms with Crippen molar-refractivity contribution in [2.45, 2.75) is 32.7 Å². The van der Waals surface area contributed by atoms with Gasteiger partial charge in [0.05, 0.1) is 93.9 Å². The fourth-order valence-corrected chi connectivity index (χ4v) is 12.6. The molecule has 20 nitrogen and oxygen atoms in total. The van der Waals surface area contributed by atoms with Crippen LogP contribution in [0.5, 0.6) is 0 Å². The number of benzene rings is 2. The first kappa shape index (κ1) is 48.8. The van der Waals surface area contributed by atoms with E-state index in [-0.39, 0.29) is 33.4 Å². The van der Waals surface area contributed by atoms with Crippen molar-refractivity contribution in [1.82, 2.24) is 54.2 Å². The predicted octanol–water partition coefficient (Wildman–Crippen LogP) is 5.74. The quantitative estimate of drug-likeness (QED) is 0.0946. The number of imide groups is 1. The van der Waals surface area contributed by atoms with Gasteiger partial charge in [-0.05, 0) is 68.4 Å². The highest BCUT2D eigenvalue weighted by Crippen LogP contribution is 2.34. The van der Waals surface area contributed by atoms with Gasteiger partial charge >= 0.3 is 0 Å². The Labute approximate surface area is 441 Å². The smallest absolute Gasteiger partial charge is 0.278 e. The Kier molecular flexibility index (Phi) is 12.7. The number of carbonyl (C=O) groups excluding carboxylic acids is 3. The number of pyridine rings is 4. The average Bonchev–Trinajstić information content (AvgIpc) is 4.04. The van der Waals surface area contributed by atoms with Crippen molar-refractivity contribution in [2.75, 3.05) is 75.8 Å². The summed E-state index contributed by atoms with van der Waals surface area (Å²) in [7, 11) is 1.70. The number of anilines is 2. The molecule has 76 heavy (non-hydrogen) atoms. The van der Waals surface area contributed by atoms with Gasteiger partial charge in [-0.15, -0.1) is 22.7 Å². The Bertz CT molecular complexity index is 4080. The van der Waals surface area contributed by atoms with E-state index in [9.17, 15) is 29.2 Å². The standard InChI is InChI=1S/C54H50N14O6S2/c1-32-27-58-37(31-55-32)50(71)62-52(73)45-47(70)36-13-15-42(60-49(36)67-39-10-4-6-12-41(39)76-54(45)67)64-19-7-18-63(22-23-64)21-17-33-28-57-34(29-56-33)30-59-51(72)44-46(69)35-14-16-43(65-20-8-25-68(2,74)26-24-65)61-48(35)66-38-9-3-5-11-40(38)75-53(44)66/h3-6,9-16,27-29,31H,7-8,17-26,30H2,1-2H3,(H,59,72)(H,62,71,73). The zero-order chi connectivity index (χ0) is 52.2. The molecule has 384 valence electrons. The molecule has 2 fully saturated rings. The van der Waals surface area contributed by atoms with E-state index in [1.807, 2.05) is 69.5 Å². The molecular weight excluding hydrogens is 1000 g/mol. The molecule has 0 spiro atoms. The molecule has 8 aromatic heterocycles. The molecule has 0 radical (unpaired) electrons. The summed E-state index contributed by atoms with van der Waals surface area (Å²) in [5.41, 5.74) is 3.41. The Morgan fingerprint density at radius 3 is 1.87 bits per heavy atom. The number of amides is 3. The van der Waals surface area contributed by atoms with Gasteiger partial charge in [-0.25, -0.2) is 15.0 Å². The molecule has 22 heteroatoms. The molecule has 0 saturated carbocycles. The summed E-state index contributed by atoms with van der Waals surface area (Å²) < 4.78 is 5.19. The first-order chi connectivity index (χ1) is 36.9. The highest BCUT2D eigenvalue weighted by molar-refractivity contribution is 7.24. The number of carbonyl (C=O) groups is 3. The number of hydrogen-bond acceptors (Lipinski definition) is 17. The average molecular weight is 1060 g/mol. The lowest BCUT2D eigenvalue weighted by atomic mass is 10.1. The third-order valence-corrected chi connectivity index (χ3v) is 16.5. The normalized spacial score (nSPS) is 16.7. The Morgan fingerprint density at radius 1 is 0.632 bits per heavy atom. The SMILES string of the molecule is Cc1cnc(C(=O)NC(=O)c2c(=O)c3ccc(N4CCCN(CCc5cnc(CNC(=O)c6c(=O)c7ccc(N8CCC[N+](C)([O-])CC8)nc7n7c6sc6ccccc67)cn5)CC4)nc3n3c2sc2ccccc23)cn1. The maximum atomic E-state index is 14.2. The maximum Gasteiger partial charge on any atom is 0.278 e. The monoisotopic (exact) mass is 1050 g/mol. The zero-order valence-corrected chi connectivity index (χ0v) is 43.2. The van der Waals surface area contributed by atoms with Crippen LogP contribution in [0.2, 0.25) is 0 Å². The molecule has 2 aliphatic rings. The summed E-state index contributed by atoms with van der Waals surface area (Å²) >= 11 is 2.65. The van der Waals surface area contributed by atoms with Gasteiger partial charge < -0.3 is 29.9 Å². The highest BCUT2D eigenvalue weighted by Gasteiger charge is 2.28. The minimum Gasteiger partial charge on any atom is -0.633 e. The first-order valence-electron chi connectivity index (χ1n) is 25.1. The van der Waals surface area contributed by atoms with E-state index in [2.05, 4.69) is 40.3 Å². The number of nitrogens with one attached hydrogen (secondary N) is 2. The maximum absolute atomic E-state index is 14.2. The summed E-state index contributed by atoms with van der Waals surface area (Å²) in [5, 5.41) is 18.6. The van der Waals surface area contributed by atoms with E-state index in [0.717, 1.165) is 65.1 Å². The second kappa shape index (κ2) is 19.8. The van der Waals surface area contributed by atoms with Gasteiger partial charge in [-0.2, -0.15) is 0 Å². The topological polar surface area (TPSA) is 228 Å².